The predicted molar refractivity (Wildman–Crippen MR) is 229 cm³/mol. The van der Waals surface area contributed by atoms with E-state index in [-0.39, 0.29) is 0 Å². The van der Waals surface area contributed by atoms with E-state index in [1.54, 1.807) is 0 Å². The first kappa shape index (κ1) is 32.2. The Bertz CT molecular complexity index is 2890. The number of fused-ring (bicyclic) bond motifs is 6. The maximum atomic E-state index is 6.82. The Kier molecular flexibility index (Phi) is 8.12. The minimum atomic E-state index is 0.578. The van der Waals surface area contributed by atoms with Crippen molar-refractivity contribution in [2.75, 3.05) is 9.80 Å². The molecule has 1 heterocycles. The highest BCUT2D eigenvalue weighted by Gasteiger charge is 2.20. The van der Waals surface area contributed by atoms with E-state index in [0.29, 0.717) is 5.89 Å². The molecule has 4 heteroatoms. The lowest BCUT2D eigenvalue weighted by atomic mass is 9.99. The molecule has 0 aliphatic heterocycles. The highest BCUT2D eigenvalue weighted by molar-refractivity contribution is 6.23. The number of oxazole rings is 1. The molecule has 4 nitrogen and oxygen atoms in total. The second kappa shape index (κ2) is 13.8. The van der Waals surface area contributed by atoms with Crippen molar-refractivity contribution in [1.29, 1.82) is 0 Å². The van der Waals surface area contributed by atoms with Gasteiger partial charge in [-0.3, -0.25) is 0 Å². The maximum Gasteiger partial charge on any atom is 0.227 e. The van der Waals surface area contributed by atoms with Gasteiger partial charge in [0.05, 0.1) is 0 Å². The molecule has 10 rings (SSSR count). The average Bonchev–Trinajstić information content (AvgIpc) is 3.72. The van der Waals surface area contributed by atoms with Gasteiger partial charge < -0.3 is 14.2 Å². The molecular formula is C51H35N3O. The van der Waals surface area contributed by atoms with Crippen molar-refractivity contribution >= 4 is 66.8 Å². The van der Waals surface area contributed by atoms with Gasteiger partial charge in [0, 0.05) is 50.5 Å². The van der Waals surface area contributed by atoms with E-state index >= 15 is 0 Å². The number of rotatable bonds is 8. The summed E-state index contributed by atoms with van der Waals surface area (Å²) in [6.45, 7) is 0. The van der Waals surface area contributed by atoms with Gasteiger partial charge in [-0.05, 0) is 101 Å². The van der Waals surface area contributed by atoms with Gasteiger partial charge in [0.1, 0.15) is 5.52 Å². The van der Waals surface area contributed by atoms with E-state index in [1.165, 1.54) is 5.56 Å². The largest absolute Gasteiger partial charge is 0.435 e. The maximum absolute atomic E-state index is 6.82. The summed E-state index contributed by atoms with van der Waals surface area (Å²) < 4.78 is 6.82. The van der Waals surface area contributed by atoms with Gasteiger partial charge in [-0.25, -0.2) is 4.98 Å². The Morgan fingerprint density at radius 1 is 0.309 bits per heavy atom. The Morgan fingerprint density at radius 2 is 0.745 bits per heavy atom. The zero-order valence-electron chi connectivity index (χ0n) is 30.0. The van der Waals surface area contributed by atoms with E-state index in [4.69, 9.17) is 9.40 Å². The monoisotopic (exact) mass is 705 g/mol. The van der Waals surface area contributed by atoms with Crippen LogP contribution < -0.4 is 9.80 Å². The normalized spacial score (nSPS) is 11.3. The molecule has 0 fully saturated rings. The van der Waals surface area contributed by atoms with Crippen LogP contribution in [0, 0.1) is 0 Å². The Morgan fingerprint density at radius 3 is 1.36 bits per heavy atom. The first-order valence-electron chi connectivity index (χ1n) is 18.5. The van der Waals surface area contributed by atoms with Crippen molar-refractivity contribution in [1.82, 2.24) is 4.98 Å². The lowest BCUT2D eigenvalue weighted by Gasteiger charge is -2.26. The summed E-state index contributed by atoms with van der Waals surface area (Å²) in [6.07, 6.45) is 0. The molecule has 1 aromatic heterocycles. The van der Waals surface area contributed by atoms with Crippen LogP contribution in [0.2, 0.25) is 0 Å². The van der Waals surface area contributed by atoms with Gasteiger partial charge in [0.25, 0.3) is 0 Å². The number of anilines is 6. The molecule has 10 aromatic rings. The molecule has 0 saturated carbocycles. The summed E-state index contributed by atoms with van der Waals surface area (Å²) in [6, 6.07) is 74.3. The summed E-state index contributed by atoms with van der Waals surface area (Å²) in [7, 11) is 0. The summed E-state index contributed by atoms with van der Waals surface area (Å²) in [5.74, 6) is 0.578. The van der Waals surface area contributed by atoms with E-state index in [0.717, 1.165) is 77.9 Å². The molecule has 0 radical (unpaired) electrons. The van der Waals surface area contributed by atoms with Gasteiger partial charge in [-0.1, -0.05) is 133 Å². The summed E-state index contributed by atoms with van der Waals surface area (Å²) in [4.78, 5) is 9.88. The van der Waals surface area contributed by atoms with Crippen molar-refractivity contribution in [3.8, 4) is 22.6 Å². The third-order valence-electron chi connectivity index (χ3n) is 10.2. The van der Waals surface area contributed by atoms with Crippen LogP contribution in [0.1, 0.15) is 0 Å². The topological polar surface area (TPSA) is 32.5 Å². The fourth-order valence-electron chi connectivity index (χ4n) is 7.69. The lowest BCUT2D eigenvalue weighted by molar-refractivity contribution is 0.623. The molecule has 0 saturated heterocycles. The molecular weight excluding hydrogens is 671 g/mol. The molecule has 9 aromatic carbocycles. The quantitative estimate of drug-likeness (QED) is 0.147. The van der Waals surface area contributed by atoms with Crippen molar-refractivity contribution in [3.63, 3.8) is 0 Å². The molecule has 0 aliphatic rings. The number of benzene rings is 9. The van der Waals surface area contributed by atoms with Gasteiger partial charge in [-0.2, -0.15) is 0 Å². The average molecular weight is 706 g/mol. The van der Waals surface area contributed by atoms with Crippen molar-refractivity contribution in [3.05, 3.63) is 212 Å². The van der Waals surface area contributed by atoms with Crippen molar-refractivity contribution in [2.45, 2.75) is 0 Å². The van der Waals surface area contributed by atoms with E-state index in [2.05, 4.69) is 222 Å². The fraction of sp³-hybridized carbons (Fsp3) is 0. The fourth-order valence-corrected chi connectivity index (χ4v) is 7.69. The zero-order chi connectivity index (χ0) is 36.6. The van der Waals surface area contributed by atoms with Crippen LogP contribution >= 0.6 is 0 Å². The first-order valence-corrected chi connectivity index (χ1v) is 18.5. The number of para-hydroxylation sites is 3. The van der Waals surface area contributed by atoms with Crippen LogP contribution in [0.4, 0.5) is 34.1 Å². The third-order valence-corrected chi connectivity index (χ3v) is 10.2. The lowest BCUT2D eigenvalue weighted by Crippen LogP contribution is -2.10. The third kappa shape index (κ3) is 5.96. The zero-order valence-corrected chi connectivity index (χ0v) is 30.0. The smallest absolute Gasteiger partial charge is 0.227 e. The Hall–Kier alpha value is -7.43. The SMILES string of the molecule is c1ccc(-c2cccc(N(c3ccccc3)c3cccc(-c4nc5c6cc(N(c7ccccc7)c7ccccc7)ccc6c6ccccc6c5o4)c3)c2)cc1. The van der Waals surface area contributed by atoms with Crippen molar-refractivity contribution < 1.29 is 4.42 Å². The molecule has 260 valence electrons. The van der Waals surface area contributed by atoms with Crippen LogP contribution in [0.3, 0.4) is 0 Å². The minimum Gasteiger partial charge on any atom is -0.435 e. The molecule has 0 bridgehead atoms. The molecule has 0 N–H and O–H groups in total. The molecule has 0 spiro atoms. The Balaban J connectivity index is 1.13. The van der Waals surface area contributed by atoms with Gasteiger partial charge in [0.15, 0.2) is 5.58 Å². The second-order valence-corrected chi connectivity index (χ2v) is 13.6. The van der Waals surface area contributed by atoms with Crippen LogP contribution in [0.25, 0.3) is 55.2 Å². The summed E-state index contributed by atoms with van der Waals surface area (Å²) in [5, 5.41) is 4.35. The van der Waals surface area contributed by atoms with Crippen molar-refractivity contribution in [2.24, 2.45) is 0 Å². The molecule has 0 aliphatic carbocycles. The second-order valence-electron chi connectivity index (χ2n) is 13.6. The van der Waals surface area contributed by atoms with E-state index < -0.39 is 0 Å². The standard InChI is InChI=1S/C51H35N3O/c1-5-17-36(18-6-1)37-19-15-27-42(33-37)54(41-25-11-4-12-26-41)43-28-16-20-38(34-43)51-52-49-48-35-44(31-32-46(48)45-29-13-14-30-47(45)50(49)55-51)53(39-21-7-2-8-22-39)40-23-9-3-10-24-40/h1-35H. The number of hydrogen-bond donors (Lipinski definition) is 0. The van der Waals surface area contributed by atoms with Gasteiger partial charge in [-0.15, -0.1) is 0 Å². The highest BCUT2D eigenvalue weighted by atomic mass is 16.3. The van der Waals surface area contributed by atoms with Crippen LogP contribution in [0.15, 0.2) is 217 Å². The Labute approximate surface area is 319 Å². The van der Waals surface area contributed by atoms with Gasteiger partial charge >= 0.3 is 0 Å². The number of aromatic nitrogens is 1. The molecule has 55 heavy (non-hydrogen) atoms. The van der Waals surface area contributed by atoms with Gasteiger partial charge in [0.2, 0.25) is 5.89 Å². The first-order chi connectivity index (χ1) is 27.3. The molecule has 0 unspecified atom stereocenters. The van der Waals surface area contributed by atoms with Crippen LogP contribution in [-0.2, 0) is 0 Å². The molecule has 0 amide bonds. The highest BCUT2D eigenvalue weighted by Crippen LogP contribution is 2.43. The molecule has 0 atom stereocenters. The van der Waals surface area contributed by atoms with E-state index in [9.17, 15) is 0 Å². The van der Waals surface area contributed by atoms with E-state index in [1.807, 2.05) is 0 Å². The van der Waals surface area contributed by atoms with Crippen LogP contribution in [-0.4, -0.2) is 4.98 Å². The minimum absolute atomic E-state index is 0.578. The predicted octanol–water partition coefficient (Wildman–Crippen LogP) is 14.4. The summed E-state index contributed by atoms with van der Waals surface area (Å²) in [5.41, 5.74) is 11.2. The summed E-state index contributed by atoms with van der Waals surface area (Å²) >= 11 is 0. The van der Waals surface area contributed by atoms with Crippen LogP contribution in [0.5, 0.6) is 0 Å². The number of nitrogens with zero attached hydrogens (tertiary/aromatic N) is 3. The number of hydrogen-bond acceptors (Lipinski definition) is 4.